The van der Waals surface area contributed by atoms with Crippen LogP contribution in [0.1, 0.15) is 44.2 Å². The Morgan fingerprint density at radius 3 is 2.38 bits per heavy atom. The van der Waals surface area contributed by atoms with E-state index in [1.165, 1.54) is 18.2 Å². The summed E-state index contributed by atoms with van der Waals surface area (Å²) in [5, 5.41) is 0. The maximum atomic E-state index is 13.0. The lowest BCUT2D eigenvalue weighted by Crippen LogP contribution is -2.34. The predicted octanol–water partition coefficient (Wildman–Crippen LogP) is 4.93. The van der Waals surface area contributed by atoms with Crippen molar-refractivity contribution in [2.24, 2.45) is 5.73 Å². The molecule has 0 aliphatic heterocycles. The van der Waals surface area contributed by atoms with Gasteiger partial charge < -0.3 is 10.5 Å². The fourth-order valence-corrected chi connectivity index (χ4v) is 1.84. The molecule has 7 heteroatoms. The molecule has 0 saturated heterocycles. The molecule has 2 N–H and O–H groups in total. The first-order valence-electron chi connectivity index (χ1n) is 6.58. The van der Waals surface area contributed by atoms with Gasteiger partial charge >= 0.3 is 12.5 Å². The molecule has 0 spiro atoms. The van der Waals surface area contributed by atoms with Gasteiger partial charge in [0.1, 0.15) is 5.75 Å². The van der Waals surface area contributed by atoms with Crippen LogP contribution in [-0.2, 0) is 0 Å². The minimum atomic E-state index is -4.51. The molecule has 0 radical (unpaired) electrons. The van der Waals surface area contributed by atoms with Gasteiger partial charge in [-0.1, -0.05) is 44.4 Å². The van der Waals surface area contributed by atoms with E-state index in [0.717, 1.165) is 19.3 Å². The van der Waals surface area contributed by atoms with Crippen molar-refractivity contribution in [2.75, 3.05) is 0 Å². The van der Waals surface area contributed by atoms with Crippen LogP contribution in [0, 0.1) is 0 Å². The molecule has 1 rings (SSSR count). The van der Waals surface area contributed by atoms with Crippen LogP contribution in [0.15, 0.2) is 24.3 Å². The zero-order valence-corrected chi connectivity index (χ0v) is 12.5. The Kier molecular flexibility index (Phi) is 8.66. The number of alkyl halides is 4. The van der Waals surface area contributed by atoms with Crippen LogP contribution in [0.2, 0.25) is 0 Å². The van der Waals surface area contributed by atoms with Gasteiger partial charge in [0.25, 0.3) is 0 Å². The minimum Gasteiger partial charge on any atom is -0.428 e. The van der Waals surface area contributed by atoms with Crippen molar-refractivity contribution in [3.05, 3.63) is 29.8 Å². The Morgan fingerprint density at radius 2 is 1.81 bits per heavy atom. The van der Waals surface area contributed by atoms with Crippen LogP contribution >= 0.6 is 12.4 Å². The third-order valence-corrected chi connectivity index (χ3v) is 2.94. The number of rotatable bonds is 8. The summed E-state index contributed by atoms with van der Waals surface area (Å²) in [6, 6.07) is 5.30. The van der Waals surface area contributed by atoms with E-state index in [4.69, 9.17) is 5.73 Å². The zero-order chi connectivity index (χ0) is 15.2. The van der Waals surface area contributed by atoms with Crippen molar-refractivity contribution in [2.45, 2.75) is 51.2 Å². The Balaban J connectivity index is 0.00000400. The summed E-state index contributed by atoms with van der Waals surface area (Å²) in [4.78, 5) is 0. The number of nitrogens with two attached hydrogens (primary N) is 1. The second-order valence-corrected chi connectivity index (χ2v) is 4.60. The van der Waals surface area contributed by atoms with Crippen LogP contribution in [0.3, 0.4) is 0 Å². The highest BCUT2D eigenvalue weighted by Crippen LogP contribution is 2.33. The second kappa shape index (κ2) is 9.10. The van der Waals surface area contributed by atoms with Crippen LogP contribution < -0.4 is 10.5 Å². The molecule has 122 valence electrons. The standard InChI is InChI=1S/C14H19F4NO.ClH/c1-2-3-4-8-11(19)10-7-5-6-9-12(10)20-14(17,18)13(15)16;/h5-7,9,11,13H,2-4,8,19H2,1H3;1H/t11-;/m0./s1. The normalized spacial score (nSPS) is 12.9. The SMILES string of the molecule is CCCCC[C@H](N)c1ccccc1OC(F)(F)C(F)F.Cl. The first-order valence-corrected chi connectivity index (χ1v) is 6.58. The average molecular weight is 330 g/mol. The van der Waals surface area contributed by atoms with Gasteiger partial charge in [-0.25, -0.2) is 0 Å². The Morgan fingerprint density at radius 1 is 1.19 bits per heavy atom. The summed E-state index contributed by atoms with van der Waals surface area (Å²) in [6.07, 6.45) is -4.98. The summed E-state index contributed by atoms with van der Waals surface area (Å²) in [5.74, 6) is -0.290. The molecule has 0 heterocycles. The molecule has 2 nitrogen and oxygen atoms in total. The Labute approximate surface area is 128 Å². The Bertz CT molecular complexity index is 418. The molecule has 0 aliphatic carbocycles. The summed E-state index contributed by atoms with van der Waals surface area (Å²) in [6.45, 7) is 2.03. The number of halogens is 5. The molecule has 1 aromatic rings. The molecule has 1 atom stereocenters. The fourth-order valence-electron chi connectivity index (χ4n) is 1.84. The van der Waals surface area contributed by atoms with Gasteiger partial charge in [-0.2, -0.15) is 17.6 Å². The van der Waals surface area contributed by atoms with Crippen LogP contribution in [0.25, 0.3) is 0 Å². The second-order valence-electron chi connectivity index (χ2n) is 4.60. The third kappa shape index (κ3) is 6.09. The molecular formula is C14H20ClF4NO. The molecule has 0 amide bonds. The summed E-state index contributed by atoms with van der Waals surface area (Å²) in [7, 11) is 0. The monoisotopic (exact) mass is 329 g/mol. The van der Waals surface area contributed by atoms with E-state index in [-0.39, 0.29) is 18.2 Å². The van der Waals surface area contributed by atoms with E-state index in [1.54, 1.807) is 6.07 Å². The largest absolute Gasteiger partial charge is 0.461 e. The van der Waals surface area contributed by atoms with Crippen molar-refractivity contribution in [1.29, 1.82) is 0 Å². The smallest absolute Gasteiger partial charge is 0.428 e. The molecule has 0 saturated carbocycles. The van der Waals surface area contributed by atoms with Crippen molar-refractivity contribution in [3.63, 3.8) is 0 Å². The zero-order valence-electron chi connectivity index (χ0n) is 11.7. The molecular weight excluding hydrogens is 310 g/mol. The predicted molar refractivity (Wildman–Crippen MR) is 76.3 cm³/mol. The van der Waals surface area contributed by atoms with E-state index >= 15 is 0 Å². The van der Waals surface area contributed by atoms with Crippen LogP contribution in [-0.4, -0.2) is 12.5 Å². The maximum Gasteiger partial charge on any atom is 0.461 e. The third-order valence-electron chi connectivity index (χ3n) is 2.94. The lowest BCUT2D eigenvalue weighted by molar-refractivity contribution is -0.253. The van der Waals surface area contributed by atoms with Gasteiger partial charge in [0.15, 0.2) is 0 Å². The van der Waals surface area contributed by atoms with Gasteiger partial charge in [-0.15, -0.1) is 12.4 Å². The number of unbranched alkanes of at least 4 members (excludes halogenated alkanes) is 2. The molecule has 1 aromatic carbocycles. The summed E-state index contributed by atoms with van der Waals surface area (Å²) in [5.41, 5.74) is 6.24. The quantitative estimate of drug-likeness (QED) is 0.542. The van der Waals surface area contributed by atoms with Crippen molar-refractivity contribution >= 4 is 12.4 Å². The minimum absolute atomic E-state index is 0. The van der Waals surface area contributed by atoms with Gasteiger partial charge in [0, 0.05) is 11.6 Å². The first kappa shape index (κ1) is 20.0. The number of ether oxygens (including phenoxy) is 1. The number of hydrogen-bond donors (Lipinski definition) is 1. The number of hydrogen-bond acceptors (Lipinski definition) is 2. The van der Waals surface area contributed by atoms with E-state index in [2.05, 4.69) is 4.74 Å². The number of para-hydroxylation sites is 1. The fraction of sp³-hybridized carbons (Fsp3) is 0.571. The molecule has 0 unspecified atom stereocenters. The van der Waals surface area contributed by atoms with E-state index in [1.807, 2.05) is 6.92 Å². The van der Waals surface area contributed by atoms with E-state index in [0.29, 0.717) is 12.0 Å². The first-order chi connectivity index (χ1) is 9.38. The molecule has 0 aliphatic rings. The highest BCUT2D eigenvalue weighted by Gasteiger charge is 2.44. The maximum absolute atomic E-state index is 13.0. The average Bonchev–Trinajstić information content (AvgIpc) is 2.39. The Hall–Kier alpha value is -1.01. The van der Waals surface area contributed by atoms with Gasteiger partial charge in [-0.05, 0) is 12.5 Å². The topological polar surface area (TPSA) is 35.2 Å². The molecule has 0 fully saturated rings. The highest BCUT2D eigenvalue weighted by molar-refractivity contribution is 5.85. The van der Waals surface area contributed by atoms with Crippen molar-refractivity contribution in [1.82, 2.24) is 0 Å². The van der Waals surface area contributed by atoms with Gasteiger partial charge in [0.05, 0.1) is 0 Å². The van der Waals surface area contributed by atoms with Crippen molar-refractivity contribution < 1.29 is 22.3 Å². The molecule has 0 aromatic heterocycles. The molecule has 21 heavy (non-hydrogen) atoms. The summed E-state index contributed by atoms with van der Waals surface area (Å²) < 4.78 is 54.4. The number of benzene rings is 1. The van der Waals surface area contributed by atoms with E-state index < -0.39 is 18.6 Å². The van der Waals surface area contributed by atoms with Crippen LogP contribution in [0.4, 0.5) is 17.6 Å². The van der Waals surface area contributed by atoms with Gasteiger partial charge in [0.2, 0.25) is 0 Å². The van der Waals surface area contributed by atoms with Gasteiger partial charge in [-0.3, -0.25) is 0 Å². The lowest BCUT2D eigenvalue weighted by Gasteiger charge is -2.21. The van der Waals surface area contributed by atoms with Crippen LogP contribution in [0.5, 0.6) is 5.75 Å². The van der Waals surface area contributed by atoms with Crippen molar-refractivity contribution in [3.8, 4) is 5.75 Å². The highest BCUT2D eigenvalue weighted by atomic mass is 35.5. The van der Waals surface area contributed by atoms with E-state index in [9.17, 15) is 17.6 Å². The molecule has 0 bridgehead atoms. The summed E-state index contributed by atoms with van der Waals surface area (Å²) >= 11 is 0. The lowest BCUT2D eigenvalue weighted by atomic mass is 10.0.